The smallest absolute Gasteiger partial charge is 0.253 e. The Bertz CT molecular complexity index is 689. The maximum atomic E-state index is 12.0. The van der Waals surface area contributed by atoms with Crippen LogP contribution in [0.4, 0.5) is 5.69 Å². The molecule has 2 aromatic rings. The maximum absolute atomic E-state index is 12.0. The molecule has 0 fully saturated rings. The van der Waals surface area contributed by atoms with Crippen molar-refractivity contribution in [2.24, 2.45) is 0 Å². The van der Waals surface area contributed by atoms with E-state index in [0.29, 0.717) is 17.7 Å². The van der Waals surface area contributed by atoms with Gasteiger partial charge in [0.05, 0.1) is 0 Å². The molecule has 2 amide bonds. The van der Waals surface area contributed by atoms with Crippen molar-refractivity contribution in [3.8, 4) is 0 Å². The molecule has 1 N–H and O–H groups in total. The molecule has 0 saturated carbocycles. The molecular formula is C20H24N2O2. The minimum absolute atomic E-state index is 0.00574. The fourth-order valence-electron chi connectivity index (χ4n) is 2.39. The van der Waals surface area contributed by atoms with Crippen LogP contribution in [0.1, 0.15) is 34.3 Å². The summed E-state index contributed by atoms with van der Waals surface area (Å²) in [5.74, 6) is -0.0558. The molecule has 4 heteroatoms. The number of aryl methyl sites for hydroxylation is 2. The van der Waals surface area contributed by atoms with E-state index in [-0.39, 0.29) is 11.8 Å². The molecule has 0 spiro atoms. The highest BCUT2D eigenvalue weighted by Gasteiger charge is 2.08. The summed E-state index contributed by atoms with van der Waals surface area (Å²) in [7, 11) is 3.43. The summed E-state index contributed by atoms with van der Waals surface area (Å²) in [6.45, 7) is 2.06. The van der Waals surface area contributed by atoms with Gasteiger partial charge in [-0.15, -0.1) is 0 Å². The van der Waals surface area contributed by atoms with E-state index in [1.54, 1.807) is 38.4 Å². The third kappa shape index (κ3) is 5.23. The van der Waals surface area contributed by atoms with Gasteiger partial charge in [0, 0.05) is 31.8 Å². The molecule has 0 aromatic heterocycles. The van der Waals surface area contributed by atoms with Crippen molar-refractivity contribution in [1.29, 1.82) is 0 Å². The van der Waals surface area contributed by atoms with E-state index in [1.165, 1.54) is 16.0 Å². The van der Waals surface area contributed by atoms with Gasteiger partial charge in [-0.2, -0.15) is 0 Å². The minimum atomic E-state index is -0.0500. The van der Waals surface area contributed by atoms with Gasteiger partial charge in [0.25, 0.3) is 5.91 Å². The zero-order valence-electron chi connectivity index (χ0n) is 14.5. The van der Waals surface area contributed by atoms with Crippen molar-refractivity contribution in [2.75, 3.05) is 19.4 Å². The van der Waals surface area contributed by atoms with E-state index in [4.69, 9.17) is 0 Å². The highest BCUT2D eigenvalue weighted by molar-refractivity contribution is 5.95. The average Bonchev–Trinajstić information content (AvgIpc) is 2.56. The Morgan fingerprint density at radius 2 is 1.58 bits per heavy atom. The van der Waals surface area contributed by atoms with E-state index in [9.17, 15) is 9.59 Å². The second-order valence-electron chi connectivity index (χ2n) is 6.16. The molecule has 24 heavy (non-hydrogen) atoms. The Morgan fingerprint density at radius 3 is 2.17 bits per heavy atom. The Morgan fingerprint density at radius 1 is 0.958 bits per heavy atom. The standard InChI is InChI=1S/C20H24N2O2/c1-15-7-9-16(10-8-15)5-4-6-19(23)21-18-13-11-17(12-14-18)20(24)22(2)3/h7-14H,4-6H2,1-3H3,(H,21,23). The molecule has 2 aromatic carbocycles. The van der Waals surface area contributed by atoms with Crippen LogP contribution < -0.4 is 5.32 Å². The van der Waals surface area contributed by atoms with E-state index in [2.05, 4.69) is 36.5 Å². The fourth-order valence-corrected chi connectivity index (χ4v) is 2.39. The van der Waals surface area contributed by atoms with E-state index in [1.807, 2.05) is 0 Å². The van der Waals surface area contributed by atoms with Gasteiger partial charge in [-0.1, -0.05) is 29.8 Å². The van der Waals surface area contributed by atoms with Gasteiger partial charge in [0.1, 0.15) is 0 Å². The maximum Gasteiger partial charge on any atom is 0.253 e. The predicted molar refractivity (Wildman–Crippen MR) is 97.2 cm³/mol. The summed E-state index contributed by atoms with van der Waals surface area (Å²) < 4.78 is 0. The molecule has 0 aliphatic rings. The summed E-state index contributed by atoms with van der Waals surface area (Å²) in [6, 6.07) is 15.4. The number of nitrogens with zero attached hydrogens (tertiary/aromatic N) is 1. The lowest BCUT2D eigenvalue weighted by molar-refractivity contribution is -0.116. The molecule has 0 heterocycles. The molecule has 0 unspecified atom stereocenters. The van der Waals surface area contributed by atoms with Gasteiger partial charge in [-0.05, 0) is 49.6 Å². The first-order chi connectivity index (χ1) is 11.5. The Labute approximate surface area is 143 Å². The van der Waals surface area contributed by atoms with Crippen molar-refractivity contribution in [1.82, 2.24) is 4.90 Å². The van der Waals surface area contributed by atoms with Crippen molar-refractivity contribution in [2.45, 2.75) is 26.2 Å². The molecule has 126 valence electrons. The van der Waals surface area contributed by atoms with Crippen molar-refractivity contribution >= 4 is 17.5 Å². The number of hydrogen-bond donors (Lipinski definition) is 1. The van der Waals surface area contributed by atoms with Crippen LogP contribution in [0.2, 0.25) is 0 Å². The van der Waals surface area contributed by atoms with Crippen molar-refractivity contribution in [3.05, 3.63) is 65.2 Å². The second kappa shape index (κ2) is 8.29. The van der Waals surface area contributed by atoms with Gasteiger partial charge in [-0.25, -0.2) is 0 Å². The Kier molecular flexibility index (Phi) is 6.13. The van der Waals surface area contributed by atoms with Crippen LogP contribution in [-0.2, 0) is 11.2 Å². The summed E-state index contributed by atoms with van der Waals surface area (Å²) in [6.07, 6.45) is 2.18. The molecule has 0 aliphatic carbocycles. The SMILES string of the molecule is Cc1ccc(CCCC(=O)Nc2ccc(C(=O)N(C)C)cc2)cc1. The van der Waals surface area contributed by atoms with Crippen LogP contribution in [-0.4, -0.2) is 30.8 Å². The summed E-state index contributed by atoms with van der Waals surface area (Å²) >= 11 is 0. The first-order valence-corrected chi connectivity index (χ1v) is 8.13. The van der Waals surface area contributed by atoms with Gasteiger partial charge in [-0.3, -0.25) is 9.59 Å². The lowest BCUT2D eigenvalue weighted by Crippen LogP contribution is -2.21. The highest BCUT2D eigenvalue weighted by atomic mass is 16.2. The number of nitrogens with one attached hydrogen (secondary N) is 1. The summed E-state index contributed by atoms with van der Waals surface area (Å²) in [5.41, 5.74) is 3.82. The normalized spacial score (nSPS) is 10.3. The Balaban J connectivity index is 1.79. The molecule has 2 rings (SSSR count). The molecule has 0 bridgehead atoms. The summed E-state index contributed by atoms with van der Waals surface area (Å²) in [4.78, 5) is 25.3. The number of benzene rings is 2. The lowest BCUT2D eigenvalue weighted by atomic mass is 10.1. The first kappa shape index (κ1) is 17.7. The number of carbonyl (C=O) groups is 2. The quantitative estimate of drug-likeness (QED) is 0.881. The number of amides is 2. The lowest BCUT2D eigenvalue weighted by Gasteiger charge is -2.11. The fraction of sp³-hybridized carbons (Fsp3) is 0.300. The van der Waals surface area contributed by atoms with Crippen LogP contribution in [0, 0.1) is 6.92 Å². The zero-order valence-corrected chi connectivity index (χ0v) is 14.5. The van der Waals surface area contributed by atoms with Crippen molar-refractivity contribution < 1.29 is 9.59 Å². The predicted octanol–water partition coefficient (Wildman–Crippen LogP) is 3.66. The molecular weight excluding hydrogens is 300 g/mol. The third-order valence-electron chi connectivity index (χ3n) is 3.81. The van der Waals surface area contributed by atoms with Crippen LogP contribution in [0.3, 0.4) is 0 Å². The van der Waals surface area contributed by atoms with Crippen molar-refractivity contribution in [3.63, 3.8) is 0 Å². The molecule has 0 atom stereocenters. The van der Waals surface area contributed by atoms with Crippen LogP contribution in [0.15, 0.2) is 48.5 Å². The highest BCUT2D eigenvalue weighted by Crippen LogP contribution is 2.12. The van der Waals surface area contributed by atoms with Gasteiger partial charge < -0.3 is 10.2 Å². The number of carbonyl (C=O) groups excluding carboxylic acids is 2. The largest absolute Gasteiger partial charge is 0.345 e. The third-order valence-corrected chi connectivity index (χ3v) is 3.81. The van der Waals surface area contributed by atoms with Crippen LogP contribution in [0.25, 0.3) is 0 Å². The zero-order chi connectivity index (χ0) is 17.5. The van der Waals surface area contributed by atoms with Crippen LogP contribution >= 0.6 is 0 Å². The number of anilines is 1. The van der Waals surface area contributed by atoms with E-state index >= 15 is 0 Å². The first-order valence-electron chi connectivity index (χ1n) is 8.13. The van der Waals surface area contributed by atoms with Gasteiger partial charge >= 0.3 is 0 Å². The monoisotopic (exact) mass is 324 g/mol. The molecule has 4 nitrogen and oxygen atoms in total. The minimum Gasteiger partial charge on any atom is -0.345 e. The number of hydrogen-bond acceptors (Lipinski definition) is 2. The molecule has 0 radical (unpaired) electrons. The number of rotatable bonds is 6. The topological polar surface area (TPSA) is 49.4 Å². The second-order valence-corrected chi connectivity index (χ2v) is 6.16. The summed E-state index contributed by atoms with van der Waals surface area (Å²) in [5, 5.41) is 2.87. The molecule has 0 saturated heterocycles. The Hall–Kier alpha value is -2.62. The molecule has 0 aliphatic heterocycles. The van der Waals surface area contributed by atoms with E-state index < -0.39 is 0 Å². The average molecular weight is 324 g/mol. The van der Waals surface area contributed by atoms with E-state index in [0.717, 1.165) is 12.8 Å². The van der Waals surface area contributed by atoms with Gasteiger partial charge in [0.2, 0.25) is 5.91 Å². The van der Waals surface area contributed by atoms with Gasteiger partial charge in [0.15, 0.2) is 0 Å². The van der Waals surface area contributed by atoms with Crippen LogP contribution in [0.5, 0.6) is 0 Å².